The summed E-state index contributed by atoms with van der Waals surface area (Å²) in [5, 5.41) is 12.2. The first-order valence-corrected chi connectivity index (χ1v) is 14.3. The topological polar surface area (TPSA) is 106 Å². The Kier molecular flexibility index (Phi) is 10.1. The fourth-order valence-electron chi connectivity index (χ4n) is 5.62. The van der Waals surface area contributed by atoms with Gasteiger partial charge in [0.1, 0.15) is 24.0 Å². The van der Waals surface area contributed by atoms with E-state index in [2.05, 4.69) is 10.3 Å². The Bertz CT molecular complexity index is 1640. The molecule has 0 bridgehead atoms. The second kappa shape index (κ2) is 13.6. The molecular weight excluding hydrogens is 614 g/mol. The lowest BCUT2D eigenvalue weighted by Crippen LogP contribution is -2.53. The van der Waals surface area contributed by atoms with Crippen LogP contribution in [0.15, 0.2) is 60.8 Å². The van der Waals surface area contributed by atoms with Crippen molar-refractivity contribution in [1.29, 1.82) is 5.26 Å². The SMILES string of the molecule is C.N#Cc1ccnc(N2C(=O)CC[C@H]2C(=O)N(c2cccc(F)c2)[C@H](C(=O)NC2CCC(F)(F)CC2)c2ccccc2Cl)c1F. The van der Waals surface area contributed by atoms with Crippen LogP contribution in [-0.4, -0.2) is 40.7 Å². The normalized spacial score (nSPS) is 18.4. The van der Waals surface area contributed by atoms with Crippen LogP contribution in [-0.2, 0) is 14.4 Å². The quantitative estimate of drug-likeness (QED) is 0.297. The van der Waals surface area contributed by atoms with E-state index in [0.29, 0.717) is 0 Å². The Morgan fingerprint density at radius 2 is 1.80 bits per heavy atom. The smallest absolute Gasteiger partial charge is 0.251 e. The van der Waals surface area contributed by atoms with Crippen molar-refractivity contribution >= 4 is 40.8 Å². The van der Waals surface area contributed by atoms with Gasteiger partial charge in [0, 0.05) is 47.8 Å². The van der Waals surface area contributed by atoms with Gasteiger partial charge in [0.05, 0.1) is 5.56 Å². The second-order valence-corrected chi connectivity index (χ2v) is 11.1. The number of pyridine rings is 1. The molecule has 0 spiro atoms. The monoisotopic (exact) mass is 643 g/mol. The molecule has 1 saturated heterocycles. The van der Waals surface area contributed by atoms with Gasteiger partial charge in [0.25, 0.3) is 5.91 Å². The lowest BCUT2D eigenvalue weighted by atomic mass is 9.91. The van der Waals surface area contributed by atoms with E-state index >= 15 is 4.39 Å². The van der Waals surface area contributed by atoms with Crippen molar-refractivity contribution in [3.8, 4) is 6.07 Å². The van der Waals surface area contributed by atoms with Crippen LogP contribution >= 0.6 is 11.6 Å². The predicted octanol–water partition coefficient (Wildman–Crippen LogP) is 6.48. The van der Waals surface area contributed by atoms with Gasteiger partial charge < -0.3 is 5.32 Å². The summed E-state index contributed by atoms with van der Waals surface area (Å²) < 4.78 is 57.5. The Morgan fingerprint density at radius 3 is 2.47 bits per heavy atom. The molecule has 2 aromatic carbocycles. The van der Waals surface area contributed by atoms with E-state index in [1.165, 1.54) is 24.3 Å². The molecule has 1 saturated carbocycles. The zero-order valence-corrected chi connectivity index (χ0v) is 23.9. The summed E-state index contributed by atoms with van der Waals surface area (Å²) in [6, 6.07) is 10.3. The van der Waals surface area contributed by atoms with Crippen molar-refractivity contribution in [1.82, 2.24) is 10.3 Å². The van der Waals surface area contributed by atoms with Gasteiger partial charge in [-0.05, 0) is 49.6 Å². The summed E-state index contributed by atoms with van der Waals surface area (Å²) >= 11 is 6.53. The maximum atomic E-state index is 15.2. The van der Waals surface area contributed by atoms with Gasteiger partial charge in [-0.2, -0.15) is 5.26 Å². The summed E-state index contributed by atoms with van der Waals surface area (Å²) in [4.78, 5) is 47.4. The standard InChI is InChI=1S/C31H26ClF4N5O3.CH4/c32-23-7-2-1-6-22(23)27(29(43)39-20-10-13-31(35,36)14-11-20)40(21-5-3-4-19(33)16-21)30(44)24-8-9-25(42)41(24)28-26(34)18(17-37)12-15-38-28;/h1-7,12,15-16,20,24,27H,8-11,13-14H2,(H,39,43);1H4/t24-,27-;/m0./s1. The van der Waals surface area contributed by atoms with Gasteiger partial charge >= 0.3 is 0 Å². The minimum Gasteiger partial charge on any atom is -0.351 e. The van der Waals surface area contributed by atoms with Crippen molar-refractivity contribution in [2.45, 2.75) is 70.0 Å². The first-order valence-electron chi connectivity index (χ1n) is 13.9. The largest absolute Gasteiger partial charge is 0.351 e. The molecule has 3 amide bonds. The molecule has 1 N–H and O–H groups in total. The van der Waals surface area contributed by atoms with Gasteiger partial charge in [0.2, 0.25) is 17.7 Å². The second-order valence-electron chi connectivity index (χ2n) is 10.7. The Morgan fingerprint density at radius 1 is 1.09 bits per heavy atom. The van der Waals surface area contributed by atoms with Crippen LogP contribution in [0.1, 0.15) is 63.1 Å². The van der Waals surface area contributed by atoms with Crippen LogP contribution in [0.4, 0.5) is 29.1 Å². The van der Waals surface area contributed by atoms with Gasteiger partial charge in [-0.1, -0.05) is 43.3 Å². The third-order valence-electron chi connectivity index (χ3n) is 7.81. The fourth-order valence-corrected chi connectivity index (χ4v) is 5.86. The van der Waals surface area contributed by atoms with Gasteiger partial charge in [-0.3, -0.25) is 24.2 Å². The third-order valence-corrected chi connectivity index (χ3v) is 8.15. The Hall–Kier alpha value is -4.50. The average Bonchev–Trinajstić information content (AvgIpc) is 3.38. The number of carbonyl (C=O) groups is 3. The van der Waals surface area contributed by atoms with Gasteiger partial charge in [-0.25, -0.2) is 22.5 Å². The van der Waals surface area contributed by atoms with Gasteiger partial charge in [0.15, 0.2) is 11.6 Å². The van der Waals surface area contributed by atoms with Crippen LogP contribution in [0.5, 0.6) is 0 Å². The molecule has 1 aliphatic heterocycles. The van der Waals surface area contributed by atoms with Crippen LogP contribution in [0.25, 0.3) is 0 Å². The molecule has 5 rings (SSSR count). The number of hydrogen-bond acceptors (Lipinski definition) is 5. The summed E-state index contributed by atoms with van der Waals surface area (Å²) in [6.45, 7) is 0. The summed E-state index contributed by atoms with van der Waals surface area (Å²) in [5.41, 5.74) is -0.310. The van der Waals surface area contributed by atoms with E-state index in [0.717, 1.165) is 34.2 Å². The highest BCUT2D eigenvalue weighted by molar-refractivity contribution is 6.31. The lowest BCUT2D eigenvalue weighted by molar-refractivity contribution is -0.128. The maximum Gasteiger partial charge on any atom is 0.251 e. The van der Waals surface area contributed by atoms with Crippen LogP contribution < -0.4 is 15.1 Å². The number of rotatable bonds is 7. The minimum absolute atomic E-state index is 0. The molecule has 2 fully saturated rings. The number of halogens is 5. The predicted molar refractivity (Wildman–Crippen MR) is 160 cm³/mol. The number of carbonyl (C=O) groups excluding carboxylic acids is 3. The zero-order valence-electron chi connectivity index (χ0n) is 23.2. The Labute approximate surface area is 262 Å². The summed E-state index contributed by atoms with van der Waals surface area (Å²) in [7, 11) is 0. The number of benzene rings is 2. The highest BCUT2D eigenvalue weighted by atomic mass is 35.5. The number of nitriles is 1. The van der Waals surface area contributed by atoms with Crippen molar-refractivity contribution in [2.24, 2.45) is 0 Å². The molecule has 236 valence electrons. The van der Waals surface area contributed by atoms with Crippen molar-refractivity contribution in [3.05, 3.63) is 88.6 Å². The van der Waals surface area contributed by atoms with E-state index in [1.54, 1.807) is 18.2 Å². The molecule has 0 radical (unpaired) electrons. The molecule has 1 aliphatic carbocycles. The maximum absolute atomic E-state index is 15.2. The number of amides is 3. The van der Waals surface area contributed by atoms with Crippen LogP contribution in [0.2, 0.25) is 5.02 Å². The first-order chi connectivity index (χ1) is 21.0. The van der Waals surface area contributed by atoms with E-state index in [-0.39, 0.29) is 49.4 Å². The van der Waals surface area contributed by atoms with Crippen molar-refractivity contribution in [2.75, 3.05) is 9.80 Å². The number of aromatic nitrogens is 1. The molecule has 2 heterocycles. The molecule has 3 aromatic rings. The highest BCUT2D eigenvalue weighted by Gasteiger charge is 2.46. The summed E-state index contributed by atoms with van der Waals surface area (Å²) in [5.74, 6) is -7.51. The number of nitrogens with zero attached hydrogens (tertiary/aromatic N) is 4. The molecule has 1 aromatic heterocycles. The zero-order chi connectivity index (χ0) is 31.6. The molecule has 45 heavy (non-hydrogen) atoms. The first kappa shape index (κ1) is 33.4. The number of anilines is 2. The van der Waals surface area contributed by atoms with E-state index in [9.17, 15) is 32.8 Å². The van der Waals surface area contributed by atoms with Gasteiger partial charge in [-0.15, -0.1) is 0 Å². The van der Waals surface area contributed by atoms with Crippen LogP contribution in [0, 0.1) is 23.0 Å². The summed E-state index contributed by atoms with van der Waals surface area (Å²) in [6.07, 6.45) is -0.0238. The highest BCUT2D eigenvalue weighted by Crippen LogP contribution is 2.38. The third kappa shape index (κ3) is 6.93. The van der Waals surface area contributed by atoms with Crippen molar-refractivity contribution < 1.29 is 31.9 Å². The van der Waals surface area contributed by atoms with Crippen molar-refractivity contribution in [3.63, 3.8) is 0 Å². The number of hydrogen-bond donors (Lipinski definition) is 1. The fraction of sp³-hybridized carbons (Fsp3) is 0.344. The molecule has 2 aliphatic rings. The molecular formula is C32H30ClF4N5O3. The number of nitrogens with one attached hydrogen (secondary N) is 1. The minimum atomic E-state index is -2.85. The molecule has 13 heteroatoms. The Balaban J connectivity index is 0.00000461. The average molecular weight is 644 g/mol. The molecule has 8 nitrogen and oxygen atoms in total. The van der Waals surface area contributed by atoms with E-state index in [4.69, 9.17) is 11.6 Å². The molecule has 0 unspecified atom stereocenters. The van der Waals surface area contributed by atoms with E-state index in [1.807, 2.05) is 0 Å². The van der Waals surface area contributed by atoms with E-state index < -0.39 is 77.6 Å². The lowest BCUT2D eigenvalue weighted by Gasteiger charge is -2.37. The molecule has 2 atom stereocenters. The van der Waals surface area contributed by atoms with Crippen LogP contribution in [0.3, 0.4) is 0 Å². The number of alkyl halides is 2.